The molecule has 0 amide bonds. The van der Waals surface area contributed by atoms with Crippen LogP contribution < -0.4 is 5.56 Å². The van der Waals surface area contributed by atoms with Gasteiger partial charge in [-0.3, -0.25) is 9.69 Å². The SMILES string of the molecule is Cc1cc2cc(CN(C[C@@H]3CCCO3)[C@@H](c3nnnn3Cc3ccco3)C(C)C)c(=O)[nH]c2cc1C. The van der Waals surface area contributed by atoms with E-state index in [2.05, 4.69) is 59.2 Å². The van der Waals surface area contributed by atoms with Gasteiger partial charge in [0.2, 0.25) is 0 Å². The first-order chi connectivity index (χ1) is 17.4. The lowest BCUT2D eigenvalue weighted by Crippen LogP contribution is -2.40. The minimum atomic E-state index is -0.117. The van der Waals surface area contributed by atoms with Gasteiger partial charge < -0.3 is 14.1 Å². The zero-order chi connectivity index (χ0) is 25.2. The molecule has 0 bridgehead atoms. The molecule has 1 aromatic carbocycles. The number of furan rings is 1. The highest BCUT2D eigenvalue weighted by molar-refractivity contribution is 5.80. The minimum Gasteiger partial charge on any atom is -0.467 e. The molecule has 1 aliphatic rings. The summed E-state index contributed by atoms with van der Waals surface area (Å²) < 4.78 is 13.4. The molecule has 4 heterocycles. The number of hydrogen-bond acceptors (Lipinski definition) is 7. The minimum absolute atomic E-state index is 0.0687. The predicted molar refractivity (Wildman–Crippen MR) is 137 cm³/mol. The van der Waals surface area contributed by atoms with Gasteiger partial charge in [-0.15, -0.1) is 5.10 Å². The fourth-order valence-electron chi connectivity index (χ4n) is 5.15. The molecule has 190 valence electrons. The number of aromatic nitrogens is 5. The summed E-state index contributed by atoms with van der Waals surface area (Å²) in [6.45, 7) is 10.9. The van der Waals surface area contributed by atoms with E-state index in [1.807, 2.05) is 24.3 Å². The van der Waals surface area contributed by atoms with Crippen LogP contribution in [-0.4, -0.2) is 49.3 Å². The van der Waals surface area contributed by atoms with Gasteiger partial charge in [0.15, 0.2) is 5.82 Å². The second-order valence-electron chi connectivity index (χ2n) is 10.2. The van der Waals surface area contributed by atoms with E-state index in [9.17, 15) is 4.79 Å². The smallest absolute Gasteiger partial charge is 0.252 e. The largest absolute Gasteiger partial charge is 0.467 e. The Morgan fingerprint density at radius 2 is 2.06 bits per heavy atom. The molecule has 5 rings (SSSR count). The third-order valence-corrected chi connectivity index (χ3v) is 7.11. The summed E-state index contributed by atoms with van der Waals surface area (Å²) in [5, 5.41) is 13.7. The third kappa shape index (κ3) is 5.12. The first kappa shape index (κ1) is 24.4. The molecule has 0 spiro atoms. The summed E-state index contributed by atoms with van der Waals surface area (Å²) in [6, 6.07) is 9.86. The number of aryl methyl sites for hydroxylation is 2. The lowest BCUT2D eigenvalue weighted by Gasteiger charge is -2.35. The van der Waals surface area contributed by atoms with E-state index >= 15 is 0 Å². The van der Waals surface area contributed by atoms with Crippen molar-refractivity contribution in [2.24, 2.45) is 5.92 Å². The number of tetrazole rings is 1. The summed E-state index contributed by atoms with van der Waals surface area (Å²) in [6.07, 6.45) is 3.82. The summed E-state index contributed by atoms with van der Waals surface area (Å²) >= 11 is 0. The highest BCUT2D eigenvalue weighted by Crippen LogP contribution is 2.30. The van der Waals surface area contributed by atoms with Crippen LogP contribution in [0.2, 0.25) is 0 Å². The van der Waals surface area contributed by atoms with E-state index in [0.29, 0.717) is 19.6 Å². The number of fused-ring (bicyclic) bond motifs is 1. The maximum atomic E-state index is 13.2. The molecule has 1 fully saturated rings. The molecule has 1 aliphatic heterocycles. The van der Waals surface area contributed by atoms with Crippen molar-refractivity contribution in [1.29, 1.82) is 0 Å². The summed E-state index contributed by atoms with van der Waals surface area (Å²) in [7, 11) is 0. The van der Waals surface area contributed by atoms with Crippen LogP contribution in [0.5, 0.6) is 0 Å². The van der Waals surface area contributed by atoms with E-state index in [1.54, 1.807) is 10.9 Å². The zero-order valence-electron chi connectivity index (χ0n) is 21.4. The third-order valence-electron chi connectivity index (χ3n) is 7.11. The molecule has 9 nitrogen and oxygen atoms in total. The quantitative estimate of drug-likeness (QED) is 0.376. The maximum absolute atomic E-state index is 13.2. The first-order valence-corrected chi connectivity index (χ1v) is 12.7. The molecule has 1 N–H and O–H groups in total. The normalized spacial score (nSPS) is 17.0. The molecule has 1 saturated heterocycles. The lowest BCUT2D eigenvalue weighted by atomic mass is 9.99. The predicted octanol–water partition coefficient (Wildman–Crippen LogP) is 4.15. The second-order valence-corrected chi connectivity index (χ2v) is 10.2. The van der Waals surface area contributed by atoms with Crippen molar-refractivity contribution in [3.05, 3.63) is 75.2 Å². The molecule has 4 aromatic rings. The van der Waals surface area contributed by atoms with Crippen LogP contribution in [0.25, 0.3) is 10.9 Å². The van der Waals surface area contributed by atoms with Gasteiger partial charge in [-0.05, 0) is 89.9 Å². The molecule has 36 heavy (non-hydrogen) atoms. The van der Waals surface area contributed by atoms with Gasteiger partial charge in [-0.25, -0.2) is 4.68 Å². The van der Waals surface area contributed by atoms with E-state index < -0.39 is 0 Å². The Morgan fingerprint density at radius 3 is 2.78 bits per heavy atom. The van der Waals surface area contributed by atoms with E-state index in [-0.39, 0.29) is 23.6 Å². The number of hydrogen-bond donors (Lipinski definition) is 1. The summed E-state index contributed by atoms with van der Waals surface area (Å²) in [5.41, 5.74) is 3.88. The van der Waals surface area contributed by atoms with Crippen molar-refractivity contribution in [1.82, 2.24) is 30.1 Å². The summed E-state index contributed by atoms with van der Waals surface area (Å²) in [5.74, 6) is 1.73. The fourth-order valence-corrected chi connectivity index (χ4v) is 5.15. The Hall–Kier alpha value is -3.30. The number of nitrogens with one attached hydrogen (secondary N) is 1. The van der Waals surface area contributed by atoms with Crippen LogP contribution in [0.3, 0.4) is 0 Å². The monoisotopic (exact) mass is 490 g/mol. The van der Waals surface area contributed by atoms with E-state index in [1.165, 1.54) is 5.56 Å². The molecule has 9 heteroatoms. The van der Waals surface area contributed by atoms with Gasteiger partial charge in [-0.1, -0.05) is 13.8 Å². The Kier molecular flexibility index (Phi) is 7.02. The summed E-state index contributed by atoms with van der Waals surface area (Å²) in [4.78, 5) is 18.6. The highest BCUT2D eigenvalue weighted by atomic mass is 16.5. The molecule has 0 aliphatic carbocycles. The Balaban J connectivity index is 1.52. The van der Waals surface area contributed by atoms with Crippen molar-refractivity contribution >= 4 is 10.9 Å². The molecule has 2 atom stereocenters. The fraction of sp³-hybridized carbons (Fsp3) is 0.481. The molecular formula is C27H34N6O3. The van der Waals surface area contributed by atoms with Crippen LogP contribution in [0, 0.1) is 19.8 Å². The number of ether oxygens (including phenoxy) is 1. The second kappa shape index (κ2) is 10.4. The number of benzene rings is 1. The van der Waals surface area contributed by atoms with Gasteiger partial charge in [0.25, 0.3) is 5.56 Å². The van der Waals surface area contributed by atoms with Crippen LogP contribution >= 0.6 is 0 Å². The lowest BCUT2D eigenvalue weighted by molar-refractivity contribution is 0.0384. The molecule has 0 unspecified atom stereocenters. The van der Waals surface area contributed by atoms with Crippen molar-refractivity contribution < 1.29 is 9.15 Å². The molecule has 0 saturated carbocycles. The molecule has 3 aromatic heterocycles. The van der Waals surface area contributed by atoms with Gasteiger partial charge in [0, 0.05) is 30.8 Å². The first-order valence-electron chi connectivity index (χ1n) is 12.7. The Bertz CT molecular complexity index is 1370. The topological polar surface area (TPSA) is 102 Å². The van der Waals surface area contributed by atoms with Gasteiger partial charge >= 0.3 is 0 Å². The van der Waals surface area contributed by atoms with Crippen molar-refractivity contribution in [2.45, 2.75) is 65.8 Å². The number of aromatic amines is 1. The average molecular weight is 491 g/mol. The van der Waals surface area contributed by atoms with Gasteiger partial charge in [0.05, 0.1) is 18.4 Å². The molecular weight excluding hydrogens is 456 g/mol. The van der Waals surface area contributed by atoms with E-state index in [0.717, 1.165) is 53.1 Å². The van der Waals surface area contributed by atoms with Crippen LogP contribution in [0.15, 0.2) is 45.8 Å². The van der Waals surface area contributed by atoms with Crippen molar-refractivity contribution in [2.75, 3.05) is 13.2 Å². The van der Waals surface area contributed by atoms with Crippen LogP contribution in [-0.2, 0) is 17.8 Å². The van der Waals surface area contributed by atoms with E-state index in [4.69, 9.17) is 9.15 Å². The van der Waals surface area contributed by atoms with Gasteiger partial charge in [0.1, 0.15) is 12.3 Å². The molecule has 0 radical (unpaired) electrons. The van der Waals surface area contributed by atoms with Crippen LogP contribution in [0.4, 0.5) is 0 Å². The maximum Gasteiger partial charge on any atom is 0.252 e. The van der Waals surface area contributed by atoms with Crippen molar-refractivity contribution in [3.8, 4) is 0 Å². The standard InChI is InChI=1S/C27H34N6O3/c1-17(2)25(26-29-30-31-33(26)16-23-8-6-10-36-23)32(15-22-7-5-9-35-22)14-21-13-20-11-18(3)19(4)12-24(20)28-27(21)34/h6,8,10-13,17,22,25H,5,7,9,14-16H2,1-4H3,(H,28,34)/t22-,25+/m0/s1. The number of pyridine rings is 1. The number of H-pyrrole nitrogens is 1. The highest BCUT2D eigenvalue weighted by Gasteiger charge is 2.32. The Morgan fingerprint density at radius 1 is 1.22 bits per heavy atom. The van der Waals surface area contributed by atoms with Crippen molar-refractivity contribution in [3.63, 3.8) is 0 Å². The average Bonchev–Trinajstić information content (AvgIpc) is 3.61. The Labute approximate surface area is 210 Å². The van der Waals surface area contributed by atoms with Crippen LogP contribution in [0.1, 0.15) is 61.0 Å². The van der Waals surface area contributed by atoms with Gasteiger partial charge in [-0.2, -0.15) is 0 Å². The number of rotatable bonds is 9. The zero-order valence-corrected chi connectivity index (χ0v) is 21.4. The number of nitrogens with zero attached hydrogens (tertiary/aromatic N) is 5.